The summed E-state index contributed by atoms with van der Waals surface area (Å²) < 4.78 is 0. The molecular weight excluding hydrogens is 260 g/mol. The van der Waals surface area contributed by atoms with Crippen LogP contribution in [0.5, 0.6) is 0 Å². The molecule has 0 radical (unpaired) electrons. The Balaban J connectivity index is 1.81. The first kappa shape index (κ1) is 13.9. The quantitative estimate of drug-likeness (QED) is 0.830. The topological polar surface area (TPSA) is 44.9 Å². The smallest absolute Gasteiger partial charge is 0.244 e. The molecule has 1 heterocycles. The van der Waals surface area contributed by atoms with Crippen LogP contribution in [0.2, 0.25) is 0 Å². The number of aromatic nitrogens is 1. The van der Waals surface area contributed by atoms with Gasteiger partial charge in [0, 0.05) is 29.2 Å². The third-order valence-corrected chi connectivity index (χ3v) is 4.05. The highest BCUT2D eigenvalue weighted by Gasteiger charge is 2.15. The Morgan fingerprint density at radius 3 is 2.90 bits per heavy atom. The molecule has 1 amide bonds. The summed E-state index contributed by atoms with van der Waals surface area (Å²) in [6.45, 7) is 4.44. The Morgan fingerprint density at radius 1 is 1.29 bits per heavy atom. The van der Waals surface area contributed by atoms with Gasteiger partial charge in [-0.3, -0.25) is 4.79 Å². The highest BCUT2D eigenvalue weighted by atomic mass is 16.1. The van der Waals surface area contributed by atoms with E-state index in [0.29, 0.717) is 6.54 Å². The molecule has 0 aliphatic heterocycles. The number of carbonyl (C=O) groups excluding carboxylic acids is 1. The van der Waals surface area contributed by atoms with Crippen LogP contribution in [-0.2, 0) is 24.2 Å². The molecule has 0 saturated heterocycles. The normalized spacial score (nSPS) is 13.8. The molecule has 2 aromatic rings. The van der Waals surface area contributed by atoms with E-state index >= 15 is 0 Å². The van der Waals surface area contributed by atoms with Crippen molar-refractivity contribution in [3.63, 3.8) is 0 Å². The van der Waals surface area contributed by atoms with Crippen LogP contribution in [0.3, 0.4) is 0 Å². The largest absolute Gasteiger partial charge is 0.358 e. The van der Waals surface area contributed by atoms with Crippen LogP contribution in [-0.4, -0.2) is 10.9 Å². The number of amides is 1. The summed E-state index contributed by atoms with van der Waals surface area (Å²) in [4.78, 5) is 15.2. The molecule has 1 aliphatic rings. The lowest BCUT2D eigenvalue weighted by Gasteiger charge is -2.10. The van der Waals surface area contributed by atoms with E-state index in [9.17, 15) is 4.79 Å². The van der Waals surface area contributed by atoms with Gasteiger partial charge in [-0.1, -0.05) is 11.6 Å². The fourth-order valence-electron chi connectivity index (χ4n) is 3.07. The van der Waals surface area contributed by atoms with Gasteiger partial charge in [0.15, 0.2) is 0 Å². The number of fused-ring (bicyclic) bond motifs is 3. The number of aryl methyl sites for hydroxylation is 2. The maximum absolute atomic E-state index is 11.7. The van der Waals surface area contributed by atoms with E-state index in [-0.39, 0.29) is 5.91 Å². The van der Waals surface area contributed by atoms with Gasteiger partial charge in [-0.2, -0.15) is 0 Å². The summed E-state index contributed by atoms with van der Waals surface area (Å²) in [5, 5.41) is 4.27. The molecule has 3 rings (SSSR count). The van der Waals surface area contributed by atoms with Crippen LogP contribution in [0.15, 0.2) is 29.8 Å². The predicted octanol–water partition coefficient (Wildman–Crippen LogP) is 3.63. The summed E-state index contributed by atoms with van der Waals surface area (Å²) in [5.41, 5.74) is 6.28. The molecule has 0 unspecified atom stereocenters. The van der Waals surface area contributed by atoms with E-state index in [1.54, 1.807) is 6.08 Å². The molecule has 1 aromatic heterocycles. The lowest BCUT2D eigenvalue weighted by molar-refractivity contribution is -0.116. The van der Waals surface area contributed by atoms with Crippen molar-refractivity contribution < 1.29 is 4.79 Å². The van der Waals surface area contributed by atoms with E-state index in [1.165, 1.54) is 41.4 Å². The Labute approximate surface area is 125 Å². The zero-order chi connectivity index (χ0) is 14.8. The lowest BCUT2D eigenvalue weighted by Crippen LogP contribution is -2.20. The van der Waals surface area contributed by atoms with Crippen LogP contribution in [0.1, 0.15) is 43.5 Å². The highest BCUT2D eigenvalue weighted by molar-refractivity contribution is 5.88. The summed E-state index contributed by atoms with van der Waals surface area (Å²) in [7, 11) is 0. The van der Waals surface area contributed by atoms with Crippen LogP contribution in [0, 0.1) is 0 Å². The second-order valence-electron chi connectivity index (χ2n) is 6.11. The Hall–Kier alpha value is -2.03. The maximum Gasteiger partial charge on any atom is 0.244 e. The summed E-state index contributed by atoms with van der Waals surface area (Å²) >= 11 is 0. The van der Waals surface area contributed by atoms with E-state index in [0.717, 1.165) is 17.6 Å². The summed E-state index contributed by atoms with van der Waals surface area (Å²) in [5.74, 6) is -0.0220. The first-order valence-electron chi connectivity index (χ1n) is 7.68. The monoisotopic (exact) mass is 282 g/mol. The molecule has 0 fully saturated rings. The standard InChI is InChI=1S/C18H22N2O/c1-12(2)9-18(21)19-11-13-7-8-17-15(10-13)14-5-3-4-6-16(14)20-17/h7-10,20H,3-6,11H2,1-2H3,(H,19,21). The second kappa shape index (κ2) is 5.76. The van der Waals surface area contributed by atoms with Crippen molar-refractivity contribution >= 4 is 16.8 Å². The zero-order valence-electron chi connectivity index (χ0n) is 12.8. The van der Waals surface area contributed by atoms with E-state index in [2.05, 4.69) is 28.5 Å². The number of carbonyl (C=O) groups is 1. The maximum atomic E-state index is 11.7. The number of rotatable bonds is 3. The second-order valence-corrected chi connectivity index (χ2v) is 6.11. The highest BCUT2D eigenvalue weighted by Crippen LogP contribution is 2.29. The SMILES string of the molecule is CC(C)=CC(=O)NCc1ccc2[nH]c3c(c2c1)CCCC3. The van der Waals surface area contributed by atoms with Gasteiger partial charge in [-0.15, -0.1) is 0 Å². The average Bonchev–Trinajstić information content (AvgIpc) is 2.82. The first-order valence-corrected chi connectivity index (χ1v) is 7.68. The van der Waals surface area contributed by atoms with Gasteiger partial charge in [-0.05, 0) is 62.8 Å². The van der Waals surface area contributed by atoms with Gasteiger partial charge < -0.3 is 10.3 Å². The molecule has 3 nitrogen and oxygen atoms in total. The lowest BCUT2D eigenvalue weighted by atomic mass is 9.95. The molecule has 1 aliphatic carbocycles. The minimum Gasteiger partial charge on any atom is -0.358 e. The summed E-state index contributed by atoms with van der Waals surface area (Å²) in [6, 6.07) is 6.45. The number of H-pyrrole nitrogens is 1. The molecule has 0 bridgehead atoms. The average molecular weight is 282 g/mol. The van der Waals surface area contributed by atoms with E-state index in [1.807, 2.05) is 13.8 Å². The van der Waals surface area contributed by atoms with Gasteiger partial charge in [0.25, 0.3) is 0 Å². The number of allylic oxidation sites excluding steroid dienone is 1. The van der Waals surface area contributed by atoms with Gasteiger partial charge in [0.05, 0.1) is 0 Å². The first-order chi connectivity index (χ1) is 10.1. The van der Waals surface area contributed by atoms with Crippen molar-refractivity contribution in [3.8, 4) is 0 Å². The molecule has 0 saturated carbocycles. The van der Waals surface area contributed by atoms with Crippen LogP contribution >= 0.6 is 0 Å². The molecule has 0 spiro atoms. The van der Waals surface area contributed by atoms with Gasteiger partial charge in [-0.25, -0.2) is 0 Å². The number of benzene rings is 1. The number of aromatic amines is 1. The van der Waals surface area contributed by atoms with Crippen molar-refractivity contribution in [2.24, 2.45) is 0 Å². The van der Waals surface area contributed by atoms with Gasteiger partial charge in [0.1, 0.15) is 0 Å². The van der Waals surface area contributed by atoms with Crippen LogP contribution < -0.4 is 5.32 Å². The molecule has 2 N–H and O–H groups in total. The van der Waals surface area contributed by atoms with Crippen LogP contribution in [0.4, 0.5) is 0 Å². The third kappa shape index (κ3) is 3.02. The van der Waals surface area contributed by atoms with Crippen molar-refractivity contribution in [1.82, 2.24) is 10.3 Å². The summed E-state index contributed by atoms with van der Waals surface area (Å²) in [6.07, 6.45) is 6.53. The minimum absolute atomic E-state index is 0.0220. The number of hydrogen-bond donors (Lipinski definition) is 2. The number of nitrogens with one attached hydrogen (secondary N) is 2. The van der Waals surface area contributed by atoms with E-state index in [4.69, 9.17) is 0 Å². The predicted molar refractivity (Wildman–Crippen MR) is 86.2 cm³/mol. The minimum atomic E-state index is -0.0220. The van der Waals surface area contributed by atoms with Gasteiger partial charge in [0.2, 0.25) is 5.91 Å². The third-order valence-electron chi connectivity index (χ3n) is 4.05. The molecule has 0 atom stereocenters. The Morgan fingerprint density at radius 2 is 2.10 bits per heavy atom. The molecule has 3 heteroatoms. The molecule has 21 heavy (non-hydrogen) atoms. The Bertz CT molecular complexity index is 705. The molecule has 1 aromatic carbocycles. The van der Waals surface area contributed by atoms with E-state index < -0.39 is 0 Å². The van der Waals surface area contributed by atoms with Crippen molar-refractivity contribution in [2.75, 3.05) is 0 Å². The number of hydrogen-bond acceptors (Lipinski definition) is 1. The van der Waals surface area contributed by atoms with Crippen molar-refractivity contribution in [2.45, 2.75) is 46.1 Å². The zero-order valence-corrected chi connectivity index (χ0v) is 12.8. The van der Waals surface area contributed by atoms with Crippen LogP contribution in [0.25, 0.3) is 10.9 Å². The molecule has 110 valence electrons. The molecular formula is C18H22N2O. The fraction of sp³-hybridized carbons (Fsp3) is 0.389. The van der Waals surface area contributed by atoms with Crippen molar-refractivity contribution in [1.29, 1.82) is 0 Å². The Kier molecular flexibility index (Phi) is 3.82. The van der Waals surface area contributed by atoms with Gasteiger partial charge >= 0.3 is 0 Å². The fourth-order valence-corrected chi connectivity index (χ4v) is 3.07. The van der Waals surface area contributed by atoms with Crippen molar-refractivity contribution in [3.05, 3.63) is 46.7 Å².